The van der Waals surface area contributed by atoms with E-state index in [4.69, 9.17) is 4.74 Å². The van der Waals surface area contributed by atoms with Crippen LogP contribution in [0.15, 0.2) is 0 Å². The zero-order chi connectivity index (χ0) is 20.5. The van der Waals surface area contributed by atoms with Crippen LogP contribution in [0.5, 0.6) is 0 Å². The minimum atomic E-state index is -0.976. The van der Waals surface area contributed by atoms with Crippen molar-refractivity contribution in [3.8, 4) is 0 Å². The quantitative estimate of drug-likeness (QED) is 0.421. The van der Waals surface area contributed by atoms with Gasteiger partial charge >= 0.3 is 0 Å². The van der Waals surface area contributed by atoms with Crippen molar-refractivity contribution in [3.05, 3.63) is 0 Å². The first-order valence-corrected chi connectivity index (χ1v) is 10.7. The third kappa shape index (κ3) is 8.24. The van der Waals surface area contributed by atoms with E-state index in [0.717, 1.165) is 12.8 Å². The second-order valence-corrected chi connectivity index (χ2v) is 8.79. The fourth-order valence-corrected chi connectivity index (χ4v) is 3.49. The molecule has 4 nitrogen and oxygen atoms in total. The summed E-state index contributed by atoms with van der Waals surface area (Å²) in [6.45, 7) is 16.8. The molecule has 0 fully saturated rings. The van der Waals surface area contributed by atoms with E-state index in [1.807, 2.05) is 20.8 Å². The van der Waals surface area contributed by atoms with Crippen LogP contribution >= 0.6 is 0 Å². The normalized spacial score (nSPS) is 22.7. The summed E-state index contributed by atoms with van der Waals surface area (Å²) in [5, 5.41) is 31.6. The van der Waals surface area contributed by atoms with E-state index in [-0.39, 0.29) is 30.0 Å². The van der Waals surface area contributed by atoms with Gasteiger partial charge < -0.3 is 20.1 Å². The first kappa shape index (κ1) is 25.8. The lowest BCUT2D eigenvalue weighted by atomic mass is 9.83. The van der Waals surface area contributed by atoms with E-state index in [1.165, 1.54) is 0 Å². The Morgan fingerprint density at radius 1 is 0.846 bits per heavy atom. The highest BCUT2D eigenvalue weighted by Gasteiger charge is 2.34. The van der Waals surface area contributed by atoms with Crippen molar-refractivity contribution in [2.24, 2.45) is 23.7 Å². The van der Waals surface area contributed by atoms with Gasteiger partial charge in [0.25, 0.3) is 0 Å². The van der Waals surface area contributed by atoms with Crippen molar-refractivity contribution in [2.45, 2.75) is 111 Å². The second-order valence-electron chi connectivity index (χ2n) is 8.79. The number of aliphatic hydroxyl groups excluding tert-OH is 2. The van der Waals surface area contributed by atoms with Crippen LogP contribution in [0.1, 0.15) is 87.5 Å². The smallest absolute Gasteiger partial charge is 0.0881 e. The standard InChI is InChI=1S/C22H46O4/c1-9-15(4)18(7)21(24)17(6)14-26-20(11-3)22(8,25)13-12-19(23)16(5)10-2/h15-21,23-25H,9-14H2,1-8H3/t15?,16-,17+,18-,19?,20-,21-,22+/m1/s1. The molecule has 3 N–H and O–H groups in total. The molecule has 0 rings (SSSR count). The molecule has 0 amide bonds. The van der Waals surface area contributed by atoms with Crippen molar-refractivity contribution in [1.82, 2.24) is 0 Å². The van der Waals surface area contributed by atoms with Gasteiger partial charge in [0.1, 0.15) is 0 Å². The van der Waals surface area contributed by atoms with E-state index in [0.29, 0.717) is 31.8 Å². The summed E-state index contributed by atoms with van der Waals surface area (Å²) in [7, 11) is 0. The van der Waals surface area contributed by atoms with E-state index < -0.39 is 11.7 Å². The molecule has 0 aromatic rings. The molecule has 0 heterocycles. The SMILES string of the molecule is CCC(C)[C@@H](C)[C@H](O)[C@@H](C)CO[C@H](CC)[C@@](C)(O)CCC(O)[C@H](C)CC. The van der Waals surface area contributed by atoms with Crippen LogP contribution < -0.4 is 0 Å². The Morgan fingerprint density at radius 2 is 1.38 bits per heavy atom. The maximum absolute atomic E-state index is 10.9. The summed E-state index contributed by atoms with van der Waals surface area (Å²) in [6.07, 6.45) is 2.69. The van der Waals surface area contributed by atoms with Crippen LogP contribution in [0.2, 0.25) is 0 Å². The Labute approximate surface area is 162 Å². The Hall–Kier alpha value is -0.160. The maximum atomic E-state index is 10.9. The average molecular weight is 375 g/mol. The predicted molar refractivity (Wildman–Crippen MR) is 109 cm³/mol. The Morgan fingerprint density at radius 3 is 1.85 bits per heavy atom. The molecule has 2 unspecified atom stereocenters. The molecule has 0 radical (unpaired) electrons. The number of hydrogen-bond acceptors (Lipinski definition) is 4. The zero-order valence-corrected chi connectivity index (χ0v) is 18.5. The lowest BCUT2D eigenvalue weighted by Crippen LogP contribution is -2.43. The molecular formula is C22H46O4. The lowest BCUT2D eigenvalue weighted by molar-refractivity contribution is -0.125. The highest BCUT2D eigenvalue weighted by molar-refractivity contribution is 4.84. The molecule has 0 aliphatic carbocycles. The van der Waals surface area contributed by atoms with Crippen LogP contribution in [0.3, 0.4) is 0 Å². The minimum Gasteiger partial charge on any atom is -0.393 e. The number of rotatable bonds is 14. The number of hydrogen-bond donors (Lipinski definition) is 3. The van der Waals surface area contributed by atoms with Gasteiger partial charge in [0.05, 0.1) is 30.5 Å². The monoisotopic (exact) mass is 374 g/mol. The molecule has 158 valence electrons. The fraction of sp³-hybridized carbons (Fsp3) is 1.00. The third-order valence-electron chi connectivity index (χ3n) is 6.54. The molecule has 0 saturated heterocycles. The summed E-state index contributed by atoms with van der Waals surface area (Å²) >= 11 is 0. The third-order valence-corrected chi connectivity index (χ3v) is 6.54. The summed E-state index contributed by atoms with van der Waals surface area (Å²) in [5.74, 6) is 0.961. The minimum absolute atomic E-state index is 0.0227. The molecule has 0 aliphatic heterocycles. The second kappa shape index (κ2) is 12.3. The highest BCUT2D eigenvalue weighted by atomic mass is 16.5. The van der Waals surface area contributed by atoms with Crippen molar-refractivity contribution >= 4 is 0 Å². The van der Waals surface area contributed by atoms with Crippen LogP contribution in [0, 0.1) is 23.7 Å². The maximum Gasteiger partial charge on any atom is 0.0881 e. The van der Waals surface area contributed by atoms with E-state index in [1.54, 1.807) is 6.92 Å². The van der Waals surface area contributed by atoms with E-state index in [2.05, 4.69) is 27.7 Å². The van der Waals surface area contributed by atoms with Gasteiger partial charge in [-0.15, -0.1) is 0 Å². The van der Waals surface area contributed by atoms with Crippen LogP contribution in [-0.4, -0.2) is 45.8 Å². The molecule has 0 bridgehead atoms. The Balaban J connectivity index is 4.63. The van der Waals surface area contributed by atoms with Crippen molar-refractivity contribution in [3.63, 3.8) is 0 Å². The van der Waals surface area contributed by atoms with E-state index >= 15 is 0 Å². The Bertz CT molecular complexity index is 358. The molecule has 0 aromatic carbocycles. The number of ether oxygens (including phenoxy) is 1. The molecule has 26 heavy (non-hydrogen) atoms. The van der Waals surface area contributed by atoms with Crippen LogP contribution in [0.25, 0.3) is 0 Å². The average Bonchev–Trinajstić information content (AvgIpc) is 2.63. The molecule has 8 atom stereocenters. The highest BCUT2D eigenvalue weighted by Crippen LogP contribution is 2.28. The van der Waals surface area contributed by atoms with E-state index in [9.17, 15) is 15.3 Å². The summed E-state index contributed by atoms with van der Waals surface area (Å²) in [5.41, 5.74) is -0.976. The van der Waals surface area contributed by atoms with Crippen molar-refractivity contribution in [1.29, 1.82) is 0 Å². The Kier molecular flexibility index (Phi) is 12.3. The topological polar surface area (TPSA) is 69.9 Å². The fourth-order valence-electron chi connectivity index (χ4n) is 3.49. The molecule has 0 spiro atoms. The first-order valence-electron chi connectivity index (χ1n) is 10.7. The van der Waals surface area contributed by atoms with Crippen molar-refractivity contribution < 1.29 is 20.1 Å². The molecule has 0 aliphatic rings. The molecule has 4 heteroatoms. The van der Waals surface area contributed by atoms with Gasteiger partial charge in [-0.3, -0.25) is 0 Å². The van der Waals surface area contributed by atoms with Gasteiger partial charge in [-0.2, -0.15) is 0 Å². The first-order chi connectivity index (χ1) is 12.0. The van der Waals surface area contributed by atoms with Gasteiger partial charge in [-0.1, -0.05) is 61.3 Å². The molecular weight excluding hydrogens is 328 g/mol. The van der Waals surface area contributed by atoms with Gasteiger partial charge in [-0.25, -0.2) is 0 Å². The largest absolute Gasteiger partial charge is 0.393 e. The van der Waals surface area contributed by atoms with Crippen LogP contribution in [-0.2, 0) is 4.74 Å². The van der Waals surface area contributed by atoms with Gasteiger partial charge in [0.2, 0.25) is 0 Å². The number of aliphatic hydroxyl groups is 3. The van der Waals surface area contributed by atoms with Gasteiger partial charge in [0, 0.05) is 5.92 Å². The summed E-state index contributed by atoms with van der Waals surface area (Å²) in [4.78, 5) is 0. The predicted octanol–water partition coefficient (Wildman–Crippen LogP) is 4.40. The van der Waals surface area contributed by atoms with Crippen LogP contribution in [0.4, 0.5) is 0 Å². The zero-order valence-electron chi connectivity index (χ0n) is 18.5. The molecule has 0 saturated carbocycles. The van der Waals surface area contributed by atoms with Gasteiger partial charge in [0.15, 0.2) is 0 Å². The molecule has 0 aromatic heterocycles. The summed E-state index contributed by atoms with van der Waals surface area (Å²) in [6, 6.07) is 0. The van der Waals surface area contributed by atoms with Crippen molar-refractivity contribution in [2.75, 3.05) is 6.61 Å². The lowest BCUT2D eigenvalue weighted by Gasteiger charge is -2.35. The summed E-state index contributed by atoms with van der Waals surface area (Å²) < 4.78 is 6.03. The van der Waals surface area contributed by atoms with Gasteiger partial charge in [-0.05, 0) is 43.9 Å².